The second-order valence-corrected chi connectivity index (χ2v) is 7.30. The highest BCUT2D eigenvalue weighted by Crippen LogP contribution is 2.33. The van der Waals surface area contributed by atoms with Crippen LogP contribution in [0.2, 0.25) is 0 Å². The van der Waals surface area contributed by atoms with Crippen molar-refractivity contribution >= 4 is 22.9 Å². The molecule has 0 radical (unpaired) electrons. The molecule has 2 aromatic rings. The van der Waals surface area contributed by atoms with Crippen LogP contribution >= 0.6 is 11.3 Å². The number of hydrogen-bond donors (Lipinski definition) is 0. The molecule has 1 aromatic heterocycles. The van der Waals surface area contributed by atoms with E-state index in [1.807, 2.05) is 0 Å². The molecule has 1 amide bonds. The number of anilines is 1. The molecule has 2 fully saturated rings. The minimum absolute atomic E-state index is 0.0583. The van der Waals surface area contributed by atoms with Gasteiger partial charge in [-0.2, -0.15) is 11.3 Å². The van der Waals surface area contributed by atoms with Crippen molar-refractivity contribution in [1.82, 2.24) is 4.90 Å². The maximum absolute atomic E-state index is 13.5. The quantitative estimate of drug-likeness (QED) is 0.857. The van der Waals surface area contributed by atoms with Crippen molar-refractivity contribution < 1.29 is 13.9 Å². The van der Waals surface area contributed by atoms with E-state index in [1.54, 1.807) is 28.4 Å². The minimum atomic E-state index is -0.351. The van der Waals surface area contributed by atoms with E-state index in [2.05, 4.69) is 21.7 Å². The molecule has 2 aliphatic rings. The Morgan fingerprint density at radius 2 is 2.21 bits per heavy atom. The first kappa shape index (κ1) is 15.7. The highest BCUT2D eigenvalue weighted by atomic mass is 32.1. The molecule has 6 heteroatoms. The van der Waals surface area contributed by atoms with Crippen LogP contribution in [-0.2, 0) is 16.1 Å². The number of benzene rings is 1. The maximum atomic E-state index is 13.5. The zero-order valence-corrected chi connectivity index (χ0v) is 14.1. The third-order valence-corrected chi connectivity index (χ3v) is 5.48. The maximum Gasteiger partial charge on any atom is 0.253 e. The summed E-state index contributed by atoms with van der Waals surface area (Å²) in [4.78, 5) is 16.3. The molecule has 2 saturated heterocycles. The second kappa shape index (κ2) is 6.27. The molecule has 0 bridgehead atoms. The van der Waals surface area contributed by atoms with E-state index in [4.69, 9.17) is 4.74 Å². The molecule has 1 unspecified atom stereocenters. The molecule has 126 valence electrons. The smallest absolute Gasteiger partial charge is 0.253 e. The van der Waals surface area contributed by atoms with E-state index in [0.717, 1.165) is 26.1 Å². The normalized spacial score (nSPS) is 24.9. The van der Waals surface area contributed by atoms with Crippen LogP contribution < -0.4 is 4.90 Å². The van der Waals surface area contributed by atoms with Gasteiger partial charge >= 0.3 is 0 Å². The molecule has 4 rings (SSSR count). The van der Waals surface area contributed by atoms with E-state index >= 15 is 0 Å². The first-order chi connectivity index (χ1) is 11.6. The lowest BCUT2D eigenvalue weighted by Gasteiger charge is -2.40. The molecule has 24 heavy (non-hydrogen) atoms. The van der Waals surface area contributed by atoms with Gasteiger partial charge in [0.1, 0.15) is 18.0 Å². The summed E-state index contributed by atoms with van der Waals surface area (Å²) >= 11 is 1.70. The lowest BCUT2D eigenvalue weighted by molar-refractivity contribution is -0.137. The number of ether oxygens (including phenoxy) is 1. The van der Waals surface area contributed by atoms with E-state index in [1.165, 1.54) is 17.7 Å². The van der Waals surface area contributed by atoms with E-state index < -0.39 is 0 Å². The third kappa shape index (κ3) is 3.09. The second-order valence-electron chi connectivity index (χ2n) is 6.52. The highest BCUT2D eigenvalue weighted by Gasteiger charge is 2.45. The molecule has 0 aliphatic carbocycles. The van der Waals surface area contributed by atoms with Gasteiger partial charge in [0.15, 0.2) is 0 Å². The van der Waals surface area contributed by atoms with Gasteiger partial charge < -0.3 is 9.64 Å². The number of carbonyl (C=O) groups is 1. The van der Waals surface area contributed by atoms with Gasteiger partial charge in [-0.25, -0.2) is 4.39 Å². The Morgan fingerprint density at radius 1 is 1.29 bits per heavy atom. The van der Waals surface area contributed by atoms with Crippen molar-refractivity contribution in [3.63, 3.8) is 0 Å². The molecule has 1 aromatic carbocycles. The zero-order valence-electron chi connectivity index (χ0n) is 13.3. The van der Waals surface area contributed by atoms with Crippen LogP contribution in [0.15, 0.2) is 41.1 Å². The number of hydrogen-bond acceptors (Lipinski definition) is 4. The van der Waals surface area contributed by atoms with Gasteiger partial charge in [0.2, 0.25) is 0 Å². The Bertz CT molecular complexity index is 736. The largest absolute Gasteiger partial charge is 0.362 e. The number of rotatable bonds is 3. The predicted molar refractivity (Wildman–Crippen MR) is 91.6 cm³/mol. The topological polar surface area (TPSA) is 32.8 Å². The summed E-state index contributed by atoms with van der Waals surface area (Å²) in [5, 5.41) is 4.25. The lowest BCUT2D eigenvalue weighted by atomic mass is 10.00. The number of amides is 1. The monoisotopic (exact) mass is 346 g/mol. The molecule has 3 heterocycles. The summed E-state index contributed by atoms with van der Waals surface area (Å²) < 4.78 is 19.5. The van der Waals surface area contributed by atoms with Crippen molar-refractivity contribution in [2.45, 2.75) is 18.6 Å². The molecule has 1 spiro atoms. The molecular formula is C18H19FN2O2S. The number of thiophene rings is 1. The van der Waals surface area contributed by atoms with Crippen LogP contribution in [0.3, 0.4) is 0 Å². The number of nitrogens with zero attached hydrogens (tertiary/aromatic N) is 2. The van der Waals surface area contributed by atoms with Crippen molar-refractivity contribution in [2.75, 3.05) is 31.1 Å². The first-order valence-corrected chi connectivity index (χ1v) is 9.01. The van der Waals surface area contributed by atoms with Gasteiger partial charge in [-0.1, -0.05) is 6.07 Å². The molecule has 0 N–H and O–H groups in total. The van der Waals surface area contributed by atoms with Crippen LogP contribution in [-0.4, -0.2) is 42.6 Å². The fraction of sp³-hybridized carbons (Fsp3) is 0.389. The van der Waals surface area contributed by atoms with Crippen LogP contribution in [0.1, 0.15) is 12.0 Å². The Morgan fingerprint density at radius 3 is 3.00 bits per heavy atom. The minimum Gasteiger partial charge on any atom is -0.362 e. The van der Waals surface area contributed by atoms with Gasteiger partial charge in [0, 0.05) is 25.3 Å². The van der Waals surface area contributed by atoms with Crippen LogP contribution in [0.4, 0.5) is 10.1 Å². The Kier molecular flexibility index (Phi) is 4.12. The Hall–Kier alpha value is -1.76. The fourth-order valence-electron chi connectivity index (χ4n) is 3.54. The summed E-state index contributed by atoms with van der Waals surface area (Å²) in [7, 11) is 0. The van der Waals surface area contributed by atoms with Crippen LogP contribution in [0, 0.1) is 5.82 Å². The fourth-order valence-corrected chi connectivity index (χ4v) is 4.20. The van der Waals surface area contributed by atoms with E-state index in [-0.39, 0.29) is 23.9 Å². The highest BCUT2D eigenvalue weighted by molar-refractivity contribution is 7.07. The lowest BCUT2D eigenvalue weighted by Crippen LogP contribution is -2.56. The molecular weight excluding hydrogens is 327 g/mol. The SMILES string of the molecule is O=C1COC2(CCN(Cc3ccsc3)C2)CN1c1cccc(F)c1. The summed E-state index contributed by atoms with van der Waals surface area (Å²) in [6, 6.07) is 8.35. The van der Waals surface area contributed by atoms with Gasteiger partial charge in [0.25, 0.3) is 5.91 Å². The van der Waals surface area contributed by atoms with Crippen LogP contribution in [0.5, 0.6) is 0 Å². The number of morpholine rings is 1. The molecule has 0 saturated carbocycles. The van der Waals surface area contributed by atoms with Gasteiger partial charge in [-0.3, -0.25) is 9.69 Å². The Balaban J connectivity index is 1.49. The Labute approximate surface area is 144 Å². The third-order valence-electron chi connectivity index (χ3n) is 4.75. The standard InChI is InChI=1S/C18H19FN2O2S/c19-15-2-1-3-16(8-15)21-13-18(23-10-17(21)22)5-6-20(12-18)9-14-4-7-24-11-14/h1-4,7-8,11H,5-6,9-10,12-13H2. The summed E-state index contributed by atoms with van der Waals surface area (Å²) in [6.07, 6.45) is 0.885. The average Bonchev–Trinajstić information content (AvgIpc) is 3.21. The van der Waals surface area contributed by atoms with E-state index in [0.29, 0.717) is 12.2 Å². The number of carbonyl (C=O) groups excluding carboxylic acids is 1. The summed E-state index contributed by atoms with van der Waals surface area (Å²) in [5.41, 5.74) is 1.57. The van der Waals surface area contributed by atoms with Gasteiger partial charge in [0.05, 0.1) is 6.54 Å². The van der Waals surface area contributed by atoms with Gasteiger partial charge in [-0.05, 0) is 47.0 Å². The summed E-state index contributed by atoms with van der Waals surface area (Å²) in [5.74, 6) is -0.436. The average molecular weight is 346 g/mol. The van der Waals surface area contributed by atoms with Gasteiger partial charge in [-0.15, -0.1) is 0 Å². The molecule has 1 atom stereocenters. The van der Waals surface area contributed by atoms with Crippen molar-refractivity contribution in [3.05, 3.63) is 52.5 Å². The molecule has 4 nitrogen and oxygen atoms in total. The van der Waals surface area contributed by atoms with Crippen LogP contribution in [0.25, 0.3) is 0 Å². The first-order valence-electron chi connectivity index (χ1n) is 8.07. The van der Waals surface area contributed by atoms with Crippen molar-refractivity contribution in [3.8, 4) is 0 Å². The molecule has 2 aliphatic heterocycles. The predicted octanol–water partition coefficient (Wildman–Crippen LogP) is 2.90. The number of halogens is 1. The number of likely N-dealkylation sites (tertiary alicyclic amines) is 1. The zero-order chi connectivity index (χ0) is 16.6. The van der Waals surface area contributed by atoms with Crippen molar-refractivity contribution in [1.29, 1.82) is 0 Å². The van der Waals surface area contributed by atoms with Crippen molar-refractivity contribution in [2.24, 2.45) is 0 Å². The summed E-state index contributed by atoms with van der Waals surface area (Å²) in [6.45, 7) is 3.18. The van der Waals surface area contributed by atoms with E-state index in [9.17, 15) is 9.18 Å².